The molecule has 10 heteroatoms. The molecule has 2 amide bonds. The summed E-state index contributed by atoms with van der Waals surface area (Å²) >= 11 is 0. The number of H-pyrrole nitrogens is 1. The molecule has 206 valence electrons. The Morgan fingerprint density at radius 2 is 1.83 bits per heavy atom. The molecule has 3 heterocycles. The van der Waals surface area contributed by atoms with Gasteiger partial charge in [0.05, 0.1) is 12.6 Å². The number of rotatable bonds is 7. The summed E-state index contributed by atoms with van der Waals surface area (Å²) in [6.45, 7) is 2.45. The molecule has 0 unspecified atom stereocenters. The number of piperazine rings is 1. The molecule has 0 spiro atoms. The number of aromatic amines is 1. The normalized spacial score (nSPS) is 13.2. The molecule has 0 radical (unpaired) electrons. The van der Waals surface area contributed by atoms with E-state index in [2.05, 4.69) is 31.1 Å². The second-order valence-electron chi connectivity index (χ2n) is 9.44. The number of benzene rings is 3. The SMILES string of the molecule is C#CCOc1cc2ncnc(N3CCN(C(=O)Nc4ccc(Oc5cccc6[nH]ccc56)cc4)CC3)c2cc1OC. The van der Waals surface area contributed by atoms with Gasteiger partial charge in [0.25, 0.3) is 0 Å². The van der Waals surface area contributed by atoms with Crippen LogP contribution in [0.25, 0.3) is 21.8 Å². The topological polar surface area (TPSA) is 105 Å². The summed E-state index contributed by atoms with van der Waals surface area (Å²) in [7, 11) is 1.58. The summed E-state index contributed by atoms with van der Waals surface area (Å²) < 4.78 is 17.2. The highest BCUT2D eigenvalue weighted by Crippen LogP contribution is 2.35. The van der Waals surface area contributed by atoms with Gasteiger partial charge in [0.15, 0.2) is 11.5 Å². The minimum Gasteiger partial charge on any atom is -0.493 e. The highest BCUT2D eigenvalue weighted by atomic mass is 16.5. The van der Waals surface area contributed by atoms with Crippen LogP contribution in [0, 0.1) is 12.3 Å². The summed E-state index contributed by atoms with van der Waals surface area (Å²) in [6.07, 6.45) is 8.75. The number of hydrogen-bond acceptors (Lipinski definition) is 7. The molecule has 5 aromatic rings. The number of methoxy groups -OCH3 is 1. The van der Waals surface area contributed by atoms with Crippen LogP contribution in [0.5, 0.6) is 23.0 Å². The number of aromatic nitrogens is 3. The molecule has 0 bridgehead atoms. The smallest absolute Gasteiger partial charge is 0.321 e. The van der Waals surface area contributed by atoms with E-state index in [1.54, 1.807) is 18.1 Å². The monoisotopic (exact) mass is 548 g/mol. The van der Waals surface area contributed by atoms with E-state index in [0.717, 1.165) is 33.4 Å². The number of anilines is 2. The maximum absolute atomic E-state index is 13.0. The van der Waals surface area contributed by atoms with Crippen molar-refractivity contribution in [1.82, 2.24) is 19.9 Å². The van der Waals surface area contributed by atoms with Crippen LogP contribution in [-0.2, 0) is 0 Å². The van der Waals surface area contributed by atoms with Crippen LogP contribution in [-0.4, -0.2) is 65.8 Å². The largest absolute Gasteiger partial charge is 0.493 e. The number of amides is 2. The Bertz CT molecular complexity index is 1740. The Morgan fingerprint density at radius 1 is 1.00 bits per heavy atom. The zero-order valence-electron chi connectivity index (χ0n) is 22.5. The Morgan fingerprint density at radius 3 is 2.61 bits per heavy atom. The van der Waals surface area contributed by atoms with Crippen molar-refractivity contribution in [3.8, 4) is 35.3 Å². The van der Waals surface area contributed by atoms with E-state index in [9.17, 15) is 4.79 Å². The van der Waals surface area contributed by atoms with Crippen LogP contribution in [0.2, 0.25) is 0 Å². The molecular formula is C31H28N6O4. The number of nitrogens with zero attached hydrogens (tertiary/aromatic N) is 4. The first-order chi connectivity index (χ1) is 20.1. The molecule has 6 rings (SSSR count). The van der Waals surface area contributed by atoms with Crippen molar-refractivity contribution < 1.29 is 19.0 Å². The maximum Gasteiger partial charge on any atom is 0.321 e. The number of fused-ring (bicyclic) bond motifs is 2. The molecule has 10 nitrogen and oxygen atoms in total. The van der Waals surface area contributed by atoms with Crippen LogP contribution < -0.4 is 24.4 Å². The second-order valence-corrected chi connectivity index (χ2v) is 9.44. The molecule has 1 fully saturated rings. The Labute approximate surface area is 236 Å². The molecule has 0 aliphatic carbocycles. The lowest BCUT2D eigenvalue weighted by molar-refractivity contribution is 0.208. The van der Waals surface area contributed by atoms with E-state index in [-0.39, 0.29) is 12.6 Å². The summed E-state index contributed by atoms with van der Waals surface area (Å²) in [5.74, 6) is 5.78. The van der Waals surface area contributed by atoms with Crippen LogP contribution in [0.3, 0.4) is 0 Å². The van der Waals surface area contributed by atoms with Crippen molar-refractivity contribution in [1.29, 1.82) is 0 Å². The predicted molar refractivity (Wildman–Crippen MR) is 158 cm³/mol. The molecule has 1 saturated heterocycles. The van der Waals surface area contributed by atoms with Crippen LogP contribution in [0.1, 0.15) is 0 Å². The van der Waals surface area contributed by atoms with E-state index >= 15 is 0 Å². The number of carbonyl (C=O) groups excluding carboxylic acids is 1. The average molecular weight is 549 g/mol. The van der Waals surface area contributed by atoms with E-state index < -0.39 is 0 Å². The van der Waals surface area contributed by atoms with Gasteiger partial charge in [0, 0.05) is 60.4 Å². The Hall–Kier alpha value is -5.43. The van der Waals surface area contributed by atoms with Crippen molar-refractivity contribution in [2.75, 3.05) is 50.1 Å². The molecule has 0 atom stereocenters. The van der Waals surface area contributed by atoms with Crippen molar-refractivity contribution >= 4 is 39.3 Å². The first-order valence-corrected chi connectivity index (χ1v) is 13.2. The first-order valence-electron chi connectivity index (χ1n) is 13.2. The van der Waals surface area contributed by atoms with Gasteiger partial charge >= 0.3 is 6.03 Å². The van der Waals surface area contributed by atoms with Crippen LogP contribution in [0.4, 0.5) is 16.3 Å². The molecule has 1 aliphatic heterocycles. The fraction of sp³-hybridized carbons (Fsp3) is 0.194. The molecule has 2 N–H and O–H groups in total. The van der Waals surface area contributed by atoms with Gasteiger partial charge in [-0.15, -0.1) is 6.42 Å². The van der Waals surface area contributed by atoms with E-state index in [1.807, 2.05) is 60.8 Å². The van der Waals surface area contributed by atoms with Crippen molar-refractivity contribution in [3.63, 3.8) is 0 Å². The summed E-state index contributed by atoms with van der Waals surface area (Å²) in [5, 5.41) is 4.84. The lowest BCUT2D eigenvalue weighted by Crippen LogP contribution is -2.50. The van der Waals surface area contributed by atoms with Gasteiger partial charge in [-0.25, -0.2) is 14.8 Å². The standard InChI is InChI=1S/C31H28N6O4/c1-3-17-40-29-19-26-24(18-28(29)39-2)30(34-20-33-26)36-13-15-37(16-14-36)31(38)35-21-7-9-22(10-8-21)41-27-6-4-5-25-23(27)11-12-32-25/h1,4-12,18-20,32H,13-17H2,2H3,(H,35,38). The van der Waals surface area contributed by atoms with E-state index in [0.29, 0.717) is 49.1 Å². The maximum atomic E-state index is 13.0. The molecule has 0 saturated carbocycles. The van der Waals surface area contributed by atoms with Crippen molar-refractivity contribution in [2.24, 2.45) is 0 Å². The van der Waals surface area contributed by atoms with Gasteiger partial charge < -0.3 is 34.3 Å². The third kappa shape index (κ3) is 5.38. The highest BCUT2D eigenvalue weighted by molar-refractivity contribution is 5.93. The number of ether oxygens (including phenoxy) is 3. The lowest BCUT2D eigenvalue weighted by Gasteiger charge is -2.35. The van der Waals surface area contributed by atoms with Crippen molar-refractivity contribution in [3.05, 3.63) is 73.2 Å². The zero-order chi connectivity index (χ0) is 28.2. The number of urea groups is 1. The van der Waals surface area contributed by atoms with Gasteiger partial charge in [-0.3, -0.25) is 0 Å². The highest BCUT2D eigenvalue weighted by Gasteiger charge is 2.24. The van der Waals surface area contributed by atoms with Crippen molar-refractivity contribution in [2.45, 2.75) is 0 Å². The Kier molecular flexibility index (Phi) is 7.15. The van der Waals surface area contributed by atoms with E-state index in [1.165, 1.54) is 6.33 Å². The quantitative estimate of drug-likeness (QED) is 0.267. The first kappa shape index (κ1) is 25.8. The number of nitrogens with one attached hydrogen (secondary N) is 2. The fourth-order valence-electron chi connectivity index (χ4n) is 4.90. The third-order valence-electron chi connectivity index (χ3n) is 6.97. The van der Waals surface area contributed by atoms with Gasteiger partial charge in [0.1, 0.15) is 30.3 Å². The molecular weight excluding hydrogens is 520 g/mol. The minimum atomic E-state index is -0.153. The van der Waals surface area contributed by atoms with E-state index in [4.69, 9.17) is 20.6 Å². The van der Waals surface area contributed by atoms with Gasteiger partial charge in [0.2, 0.25) is 0 Å². The summed E-state index contributed by atoms with van der Waals surface area (Å²) in [5.41, 5.74) is 2.43. The third-order valence-corrected chi connectivity index (χ3v) is 6.97. The lowest BCUT2D eigenvalue weighted by atomic mass is 10.2. The number of terminal acetylenes is 1. The predicted octanol–water partition coefficient (Wildman–Crippen LogP) is 5.28. The summed E-state index contributed by atoms with van der Waals surface area (Å²) in [6, 6.07) is 18.7. The fourth-order valence-corrected chi connectivity index (χ4v) is 4.90. The zero-order valence-corrected chi connectivity index (χ0v) is 22.5. The van der Waals surface area contributed by atoms with Gasteiger partial charge in [-0.2, -0.15) is 0 Å². The Balaban J connectivity index is 1.08. The van der Waals surface area contributed by atoms with Crippen LogP contribution in [0.15, 0.2) is 73.2 Å². The van der Waals surface area contributed by atoms with Crippen LogP contribution >= 0.6 is 0 Å². The number of hydrogen-bond donors (Lipinski definition) is 2. The average Bonchev–Trinajstić information content (AvgIpc) is 3.50. The summed E-state index contributed by atoms with van der Waals surface area (Å²) in [4.78, 5) is 29.1. The minimum absolute atomic E-state index is 0.132. The molecule has 2 aromatic heterocycles. The number of carbonyl (C=O) groups is 1. The molecule has 1 aliphatic rings. The van der Waals surface area contributed by atoms with Gasteiger partial charge in [-0.1, -0.05) is 12.0 Å². The van der Waals surface area contributed by atoms with Gasteiger partial charge in [-0.05, 0) is 48.5 Å². The second kappa shape index (κ2) is 11.4. The molecule has 41 heavy (non-hydrogen) atoms. The molecule has 3 aromatic carbocycles.